The molecule has 1 saturated carbocycles. The fraction of sp³-hybridized carbons (Fsp3) is 0.571. The first-order chi connectivity index (χ1) is 8.81. The second-order valence-electron chi connectivity index (χ2n) is 4.79. The van der Waals surface area contributed by atoms with Crippen LogP contribution in [0.2, 0.25) is 0 Å². The van der Waals surface area contributed by atoms with Crippen molar-refractivity contribution >= 4 is 5.91 Å². The molecule has 0 saturated heterocycles. The molecule has 1 aliphatic carbocycles. The second-order valence-corrected chi connectivity index (χ2v) is 4.79. The summed E-state index contributed by atoms with van der Waals surface area (Å²) in [6, 6.07) is 4.33. The fourth-order valence-corrected chi connectivity index (χ4v) is 2.03. The van der Waals surface area contributed by atoms with Crippen LogP contribution in [0.15, 0.2) is 24.5 Å². The molecule has 0 aromatic carbocycles. The van der Waals surface area contributed by atoms with Gasteiger partial charge in [-0.15, -0.1) is 0 Å². The van der Waals surface area contributed by atoms with E-state index in [1.165, 1.54) is 0 Å². The van der Waals surface area contributed by atoms with Crippen molar-refractivity contribution in [3.05, 3.63) is 30.1 Å². The summed E-state index contributed by atoms with van der Waals surface area (Å²) in [6.07, 6.45) is 7.81. The van der Waals surface area contributed by atoms with Gasteiger partial charge in [0.2, 0.25) is 5.91 Å². The molecule has 4 nitrogen and oxygen atoms in total. The number of hydrogen-bond acceptors (Lipinski definition) is 3. The lowest BCUT2D eigenvalue weighted by Crippen LogP contribution is -2.32. The third-order valence-corrected chi connectivity index (χ3v) is 3.18. The lowest BCUT2D eigenvalue weighted by atomic mass is 10.2. The van der Waals surface area contributed by atoms with E-state index in [0.717, 1.165) is 24.8 Å². The molecule has 0 atom stereocenters. The van der Waals surface area contributed by atoms with Crippen LogP contribution in [0, 0.1) is 0 Å². The third-order valence-electron chi connectivity index (χ3n) is 3.18. The maximum atomic E-state index is 12.1. The summed E-state index contributed by atoms with van der Waals surface area (Å²) in [5.74, 6) is 0.204. The summed E-state index contributed by atoms with van der Waals surface area (Å²) in [5.41, 5.74) is 1.08. The van der Waals surface area contributed by atoms with Crippen LogP contribution in [0.1, 0.15) is 37.7 Å². The van der Waals surface area contributed by atoms with Crippen LogP contribution in [0.5, 0.6) is 0 Å². The number of pyridine rings is 1. The van der Waals surface area contributed by atoms with Gasteiger partial charge >= 0.3 is 0 Å². The molecule has 1 aromatic heterocycles. The van der Waals surface area contributed by atoms with E-state index in [2.05, 4.69) is 4.98 Å². The molecule has 1 amide bonds. The van der Waals surface area contributed by atoms with Crippen LogP contribution in [-0.2, 0) is 11.3 Å². The maximum absolute atomic E-state index is 12.1. The maximum Gasteiger partial charge on any atom is 0.223 e. The molecule has 4 heteroatoms. The summed E-state index contributed by atoms with van der Waals surface area (Å²) in [5, 5.41) is 8.74. The predicted octanol–water partition coefficient (Wildman–Crippen LogP) is 1.74. The monoisotopic (exact) mass is 248 g/mol. The lowest BCUT2D eigenvalue weighted by Gasteiger charge is -2.22. The van der Waals surface area contributed by atoms with Gasteiger partial charge in [-0.1, -0.05) is 6.07 Å². The summed E-state index contributed by atoms with van der Waals surface area (Å²) in [4.78, 5) is 18.2. The summed E-state index contributed by atoms with van der Waals surface area (Å²) < 4.78 is 0. The van der Waals surface area contributed by atoms with Crippen LogP contribution in [0.4, 0.5) is 0 Å². The molecule has 98 valence electrons. The van der Waals surface area contributed by atoms with Gasteiger partial charge in [-0.05, 0) is 37.3 Å². The van der Waals surface area contributed by atoms with Crippen molar-refractivity contribution in [2.75, 3.05) is 6.61 Å². The molecule has 1 heterocycles. The minimum atomic E-state index is 0.166. The minimum Gasteiger partial charge on any atom is -0.396 e. The van der Waals surface area contributed by atoms with Gasteiger partial charge in [0.05, 0.1) is 0 Å². The van der Waals surface area contributed by atoms with Gasteiger partial charge in [-0.2, -0.15) is 0 Å². The molecule has 1 N–H and O–H groups in total. The molecular weight excluding hydrogens is 228 g/mol. The molecule has 0 unspecified atom stereocenters. The van der Waals surface area contributed by atoms with Crippen molar-refractivity contribution in [3.8, 4) is 0 Å². The van der Waals surface area contributed by atoms with E-state index in [9.17, 15) is 4.79 Å². The van der Waals surface area contributed by atoms with E-state index in [1.54, 1.807) is 6.20 Å². The third kappa shape index (κ3) is 3.81. The van der Waals surface area contributed by atoms with Crippen LogP contribution < -0.4 is 0 Å². The van der Waals surface area contributed by atoms with E-state index in [-0.39, 0.29) is 12.5 Å². The van der Waals surface area contributed by atoms with Crippen molar-refractivity contribution in [1.82, 2.24) is 9.88 Å². The van der Waals surface area contributed by atoms with Gasteiger partial charge in [-0.25, -0.2) is 0 Å². The Labute approximate surface area is 108 Å². The predicted molar refractivity (Wildman–Crippen MR) is 68.7 cm³/mol. The first-order valence-electron chi connectivity index (χ1n) is 6.60. The molecule has 2 rings (SSSR count). The average molecular weight is 248 g/mol. The van der Waals surface area contributed by atoms with Crippen molar-refractivity contribution in [2.45, 2.75) is 44.7 Å². The number of aliphatic hydroxyl groups excluding tert-OH is 1. The molecule has 1 aliphatic rings. The average Bonchev–Trinajstić information content (AvgIpc) is 3.21. The largest absolute Gasteiger partial charge is 0.396 e. The minimum absolute atomic E-state index is 0.166. The summed E-state index contributed by atoms with van der Waals surface area (Å²) in [7, 11) is 0. The number of amides is 1. The van der Waals surface area contributed by atoms with E-state index >= 15 is 0 Å². The highest BCUT2D eigenvalue weighted by atomic mass is 16.3. The van der Waals surface area contributed by atoms with Crippen molar-refractivity contribution in [3.63, 3.8) is 0 Å². The number of unbranched alkanes of at least 4 members (excludes halogenated alkanes) is 1. The fourth-order valence-electron chi connectivity index (χ4n) is 2.03. The van der Waals surface area contributed by atoms with Crippen molar-refractivity contribution < 1.29 is 9.90 Å². The Morgan fingerprint density at radius 2 is 2.28 bits per heavy atom. The normalized spacial score (nSPS) is 14.5. The Morgan fingerprint density at radius 3 is 2.89 bits per heavy atom. The van der Waals surface area contributed by atoms with Crippen molar-refractivity contribution in [1.29, 1.82) is 0 Å². The van der Waals surface area contributed by atoms with Gasteiger partial charge < -0.3 is 10.0 Å². The quantitative estimate of drug-likeness (QED) is 0.748. The van der Waals surface area contributed by atoms with E-state index < -0.39 is 0 Å². The van der Waals surface area contributed by atoms with Gasteiger partial charge in [0, 0.05) is 38.0 Å². The van der Waals surface area contributed by atoms with Crippen LogP contribution >= 0.6 is 0 Å². The number of nitrogens with zero attached hydrogens (tertiary/aromatic N) is 2. The van der Waals surface area contributed by atoms with Crippen LogP contribution in [-0.4, -0.2) is 33.5 Å². The SMILES string of the molecule is O=C(CCCCO)N(Cc1cccnc1)C1CC1. The highest BCUT2D eigenvalue weighted by Gasteiger charge is 2.32. The number of hydrogen-bond donors (Lipinski definition) is 1. The van der Waals surface area contributed by atoms with Gasteiger partial charge in [0.1, 0.15) is 0 Å². The molecule has 18 heavy (non-hydrogen) atoms. The Bertz CT molecular complexity index is 377. The molecule has 1 fully saturated rings. The molecule has 0 bridgehead atoms. The zero-order valence-electron chi connectivity index (χ0n) is 10.6. The number of aromatic nitrogens is 1. The zero-order chi connectivity index (χ0) is 12.8. The Balaban J connectivity index is 1.89. The Hall–Kier alpha value is -1.42. The summed E-state index contributed by atoms with van der Waals surface area (Å²) >= 11 is 0. The number of carbonyl (C=O) groups excluding carboxylic acids is 1. The zero-order valence-corrected chi connectivity index (χ0v) is 10.6. The number of rotatable bonds is 7. The number of aliphatic hydroxyl groups is 1. The number of carbonyl (C=O) groups is 1. The van der Waals surface area contributed by atoms with Crippen molar-refractivity contribution in [2.24, 2.45) is 0 Å². The summed E-state index contributed by atoms with van der Waals surface area (Å²) in [6.45, 7) is 0.829. The Morgan fingerprint density at radius 1 is 1.44 bits per heavy atom. The molecular formula is C14H20N2O2. The molecule has 0 aliphatic heterocycles. The van der Waals surface area contributed by atoms with E-state index in [1.807, 2.05) is 23.2 Å². The van der Waals surface area contributed by atoms with Gasteiger partial charge in [0.25, 0.3) is 0 Å². The highest BCUT2D eigenvalue weighted by molar-refractivity contribution is 5.76. The van der Waals surface area contributed by atoms with Crippen LogP contribution in [0.25, 0.3) is 0 Å². The van der Waals surface area contributed by atoms with Gasteiger partial charge in [-0.3, -0.25) is 9.78 Å². The molecule has 1 aromatic rings. The molecule has 0 spiro atoms. The smallest absolute Gasteiger partial charge is 0.223 e. The van der Waals surface area contributed by atoms with E-state index in [0.29, 0.717) is 25.4 Å². The first-order valence-corrected chi connectivity index (χ1v) is 6.60. The topological polar surface area (TPSA) is 53.4 Å². The first kappa shape index (κ1) is 13.0. The Kier molecular flexibility index (Phi) is 4.70. The second kappa shape index (κ2) is 6.50. The van der Waals surface area contributed by atoms with Gasteiger partial charge in [0.15, 0.2) is 0 Å². The standard InChI is InChI=1S/C14H20N2O2/c17-9-2-1-5-14(18)16(13-6-7-13)11-12-4-3-8-15-10-12/h3-4,8,10,13,17H,1-2,5-7,9,11H2. The van der Waals surface area contributed by atoms with Crippen LogP contribution in [0.3, 0.4) is 0 Å². The lowest BCUT2D eigenvalue weighted by molar-refractivity contribution is -0.132. The van der Waals surface area contributed by atoms with E-state index in [4.69, 9.17) is 5.11 Å². The molecule has 0 radical (unpaired) electrons. The highest BCUT2D eigenvalue weighted by Crippen LogP contribution is 2.29.